The van der Waals surface area contributed by atoms with Gasteiger partial charge in [0.15, 0.2) is 0 Å². The molecular weight excluding hydrogens is 194 g/mol. The predicted octanol–water partition coefficient (Wildman–Crippen LogP) is 2.90. The van der Waals surface area contributed by atoms with Crippen molar-refractivity contribution in [1.29, 1.82) is 5.26 Å². The molecule has 1 heterocycles. The average molecular weight is 211 g/mol. The minimum absolute atomic E-state index is 0.993. The molecule has 0 bridgehead atoms. The number of unbranched alkanes of at least 4 members (excludes halogenated alkanes) is 1. The second-order valence-electron chi connectivity index (χ2n) is 2.69. The number of hydrogen-bond acceptors (Lipinski definition) is 3. The van der Waals surface area contributed by atoms with E-state index in [0.717, 1.165) is 18.7 Å². The van der Waals surface area contributed by atoms with Crippen molar-refractivity contribution in [2.45, 2.75) is 33.2 Å². The molecule has 0 aromatic carbocycles. The van der Waals surface area contributed by atoms with Crippen molar-refractivity contribution in [3.05, 3.63) is 18.7 Å². The minimum Gasteiger partial charge on any atom is -0.338 e. The van der Waals surface area contributed by atoms with Gasteiger partial charge in [0.1, 0.15) is 5.40 Å². The van der Waals surface area contributed by atoms with Gasteiger partial charge in [-0.25, -0.2) is 4.98 Å². The summed E-state index contributed by atoms with van der Waals surface area (Å²) in [6, 6.07) is 0. The second-order valence-corrected chi connectivity index (χ2v) is 3.57. The molecule has 1 aromatic heterocycles. The first-order valence-electron chi connectivity index (χ1n) is 4.81. The van der Waals surface area contributed by atoms with Gasteiger partial charge in [-0.05, 0) is 25.1 Å². The Kier molecular flexibility index (Phi) is 9.45. The molecule has 0 aliphatic carbocycles. The van der Waals surface area contributed by atoms with E-state index in [4.69, 9.17) is 5.26 Å². The van der Waals surface area contributed by atoms with Crippen LogP contribution in [0.15, 0.2) is 18.7 Å². The lowest BCUT2D eigenvalue weighted by molar-refractivity contribution is 0.761. The number of thiocyanates is 1. The first-order valence-corrected chi connectivity index (χ1v) is 5.80. The third kappa shape index (κ3) is 7.69. The van der Waals surface area contributed by atoms with E-state index in [1.165, 1.54) is 18.2 Å². The molecule has 0 fully saturated rings. The zero-order chi connectivity index (χ0) is 10.6. The predicted molar refractivity (Wildman–Crippen MR) is 60.9 cm³/mol. The van der Waals surface area contributed by atoms with Gasteiger partial charge in [-0.1, -0.05) is 13.3 Å². The lowest BCUT2D eigenvalue weighted by Gasteiger charge is -1.87. The van der Waals surface area contributed by atoms with Crippen LogP contribution in [0.3, 0.4) is 0 Å². The van der Waals surface area contributed by atoms with Gasteiger partial charge in [0.2, 0.25) is 0 Å². The zero-order valence-electron chi connectivity index (χ0n) is 8.81. The zero-order valence-corrected chi connectivity index (χ0v) is 9.63. The number of imidazole rings is 1. The van der Waals surface area contributed by atoms with Crippen LogP contribution in [0, 0.1) is 10.7 Å². The summed E-state index contributed by atoms with van der Waals surface area (Å²) in [6.45, 7) is 5.22. The molecule has 14 heavy (non-hydrogen) atoms. The maximum Gasteiger partial charge on any atom is 0.133 e. The summed E-state index contributed by atoms with van der Waals surface area (Å²) in [5.41, 5.74) is 0. The number of aromatic nitrogens is 2. The third-order valence-electron chi connectivity index (χ3n) is 1.59. The number of nitriles is 1. The van der Waals surface area contributed by atoms with Crippen LogP contribution >= 0.6 is 11.8 Å². The highest BCUT2D eigenvalue weighted by molar-refractivity contribution is 8.03. The van der Waals surface area contributed by atoms with Crippen LogP contribution in [0.25, 0.3) is 0 Å². The molecule has 0 radical (unpaired) electrons. The Morgan fingerprint density at radius 2 is 2.29 bits per heavy atom. The molecular formula is C10H17N3S. The van der Waals surface area contributed by atoms with E-state index in [2.05, 4.69) is 18.8 Å². The van der Waals surface area contributed by atoms with E-state index in [9.17, 15) is 0 Å². The highest BCUT2D eigenvalue weighted by Crippen LogP contribution is 1.99. The smallest absolute Gasteiger partial charge is 0.133 e. The van der Waals surface area contributed by atoms with Gasteiger partial charge in [0, 0.05) is 24.7 Å². The van der Waals surface area contributed by atoms with Crippen molar-refractivity contribution in [2.24, 2.45) is 0 Å². The number of hydrogen-bond donors (Lipinski definition) is 0. The Bertz CT molecular complexity index is 238. The van der Waals surface area contributed by atoms with Gasteiger partial charge in [0.25, 0.3) is 0 Å². The van der Waals surface area contributed by atoms with Crippen LogP contribution < -0.4 is 0 Å². The normalized spacial score (nSPS) is 8.64. The Morgan fingerprint density at radius 1 is 1.50 bits per heavy atom. The molecule has 0 unspecified atom stereocenters. The van der Waals surface area contributed by atoms with E-state index in [1.807, 2.05) is 16.2 Å². The fourth-order valence-electron chi connectivity index (χ4n) is 0.736. The summed E-state index contributed by atoms with van der Waals surface area (Å²) in [7, 11) is 0. The highest BCUT2D eigenvalue weighted by Gasteiger charge is 1.80. The third-order valence-corrected chi connectivity index (χ3v) is 2.21. The molecule has 1 rings (SSSR count). The van der Waals surface area contributed by atoms with Gasteiger partial charge >= 0.3 is 0 Å². The summed E-state index contributed by atoms with van der Waals surface area (Å²) in [5.74, 6) is 0.993. The molecule has 0 N–H and O–H groups in total. The topological polar surface area (TPSA) is 41.6 Å². The van der Waals surface area contributed by atoms with Crippen LogP contribution in [0.5, 0.6) is 0 Å². The molecule has 0 saturated carbocycles. The minimum atomic E-state index is 0.993. The fraction of sp³-hybridized carbons (Fsp3) is 0.600. The highest BCUT2D eigenvalue weighted by atomic mass is 32.2. The van der Waals surface area contributed by atoms with E-state index in [-0.39, 0.29) is 0 Å². The number of nitrogens with zero attached hydrogens (tertiary/aromatic N) is 3. The molecule has 0 amide bonds. The summed E-state index contributed by atoms with van der Waals surface area (Å²) >= 11 is 1.34. The SMILES string of the molecule is CCCCSC#N.CCn1ccnc1. The first kappa shape index (κ1) is 13.1. The second kappa shape index (κ2) is 10.1. The van der Waals surface area contributed by atoms with Gasteiger partial charge in [-0.3, -0.25) is 0 Å². The molecule has 3 nitrogen and oxygen atoms in total. The Morgan fingerprint density at radius 3 is 2.64 bits per heavy atom. The van der Waals surface area contributed by atoms with Crippen molar-refractivity contribution in [3.8, 4) is 5.40 Å². The molecule has 0 saturated heterocycles. The monoisotopic (exact) mass is 211 g/mol. The first-order chi connectivity index (χ1) is 6.85. The van der Waals surface area contributed by atoms with Crippen molar-refractivity contribution in [1.82, 2.24) is 9.55 Å². The van der Waals surface area contributed by atoms with Crippen molar-refractivity contribution in [3.63, 3.8) is 0 Å². The van der Waals surface area contributed by atoms with E-state index >= 15 is 0 Å². The molecule has 1 aromatic rings. The van der Waals surface area contributed by atoms with Crippen LogP contribution in [-0.4, -0.2) is 15.3 Å². The Labute approximate surface area is 90.1 Å². The van der Waals surface area contributed by atoms with Gasteiger partial charge < -0.3 is 4.57 Å². The van der Waals surface area contributed by atoms with Crippen LogP contribution in [0.2, 0.25) is 0 Å². The van der Waals surface area contributed by atoms with E-state index in [1.54, 1.807) is 12.5 Å². The Hall–Kier alpha value is -0.950. The maximum atomic E-state index is 8.01. The van der Waals surface area contributed by atoms with Crippen molar-refractivity contribution in [2.75, 3.05) is 5.75 Å². The molecule has 0 atom stereocenters. The summed E-state index contributed by atoms with van der Waals surface area (Å²) in [4.78, 5) is 3.86. The van der Waals surface area contributed by atoms with Gasteiger partial charge in [-0.2, -0.15) is 5.26 Å². The number of thioether (sulfide) groups is 1. The van der Waals surface area contributed by atoms with Crippen LogP contribution in [0.1, 0.15) is 26.7 Å². The van der Waals surface area contributed by atoms with Crippen LogP contribution in [0.4, 0.5) is 0 Å². The molecule has 0 aliphatic rings. The van der Waals surface area contributed by atoms with Crippen molar-refractivity contribution < 1.29 is 0 Å². The summed E-state index contributed by atoms with van der Waals surface area (Å²) in [6.07, 6.45) is 7.89. The molecule has 0 aliphatic heterocycles. The number of aryl methyl sites for hydroxylation is 1. The summed E-state index contributed by atoms with van der Waals surface area (Å²) in [5, 5.41) is 10.0. The standard InChI is InChI=1S/C5H8N2.C5H9NS/c1-2-7-4-3-6-5-7;1-2-3-4-7-5-6/h3-5H,2H2,1H3;2-4H2,1H3. The largest absolute Gasteiger partial charge is 0.338 e. The average Bonchev–Trinajstić information content (AvgIpc) is 2.72. The number of rotatable bonds is 4. The lowest BCUT2D eigenvalue weighted by atomic mass is 10.4. The Balaban J connectivity index is 0.000000241. The van der Waals surface area contributed by atoms with Crippen LogP contribution in [-0.2, 0) is 6.54 Å². The van der Waals surface area contributed by atoms with E-state index < -0.39 is 0 Å². The molecule has 0 spiro atoms. The quantitative estimate of drug-likeness (QED) is 0.568. The fourth-order valence-corrected chi connectivity index (χ4v) is 1.26. The van der Waals surface area contributed by atoms with Crippen molar-refractivity contribution >= 4 is 11.8 Å². The van der Waals surface area contributed by atoms with Gasteiger partial charge in [0.05, 0.1) is 6.33 Å². The molecule has 78 valence electrons. The molecule has 4 heteroatoms. The van der Waals surface area contributed by atoms with E-state index in [0.29, 0.717) is 0 Å². The summed E-state index contributed by atoms with van der Waals surface area (Å²) < 4.78 is 2.01. The van der Waals surface area contributed by atoms with Gasteiger partial charge in [-0.15, -0.1) is 0 Å². The maximum absolute atomic E-state index is 8.01. The lowest BCUT2D eigenvalue weighted by Crippen LogP contribution is -1.85.